The number of aryl methyl sites for hydroxylation is 2. The fraction of sp³-hybridized carbons (Fsp3) is 0.389. The number of hydrogen-bond acceptors (Lipinski definition) is 2. The summed E-state index contributed by atoms with van der Waals surface area (Å²) in [6, 6.07) is 11.9. The van der Waals surface area contributed by atoms with Gasteiger partial charge in [-0.3, -0.25) is 4.79 Å². The van der Waals surface area contributed by atoms with Crippen LogP contribution in [-0.2, 0) is 13.0 Å². The first-order valence-electron chi connectivity index (χ1n) is 7.91. The molecule has 1 aromatic heterocycles. The summed E-state index contributed by atoms with van der Waals surface area (Å²) in [7, 11) is 0. The van der Waals surface area contributed by atoms with Gasteiger partial charge in [-0.05, 0) is 61.6 Å². The zero-order valence-corrected chi connectivity index (χ0v) is 13.4. The molecule has 1 aromatic carbocycles. The molecule has 4 heteroatoms. The van der Waals surface area contributed by atoms with E-state index in [4.69, 9.17) is 11.6 Å². The lowest BCUT2D eigenvalue weighted by atomic mass is 10.1. The lowest BCUT2D eigenvalue weighted by Gasteiger charge is -2.14. The number of pyridine rings is 1. The Morgan fingerprint density at radius 3 is 3.00 bits per heavy atom. The highest BCUT2D eigenvalue weighted by atomic mass is 35.5. The van der Waals surface area contributed by atoms with E-state index in [1.165, 1.54) is 11.1 Å². The molecule has 3 rings (SSSR count). The number of fused-ring (bicyclic) bond motifs is 1. The van der Waals surface area contributed by atoms with Crippen molar-refractivity contribution in [3.8, 4) is 0 Å². The largest absolute Gasteiger partial charge is 0.316 e. The van der Waals surface area contributed by atoms with Gasteiger partial charge in [-0.15, -0.1) is 0 Å². The fourth-order valence-corrected chi connectivity index (χ4v) is 3.32. The minimum absolute atomic E-state index is 0.0806. The van der Waals surface area contributed by atoms with Crippen molar-refractivity contribution in [2.75, 3.05) is 6.54 Å². The third kappa shape index (κ3) is 3.60. The summed E-state index contributed by atoms with van der Waals surface area (Å²) >= 11 is 6.04. The van der Waals surface area contributed by atoms with Gasteiger partial charge in [-0.1, -0.05) is 23.7 Å². The van der Waals surface area contributed by atoms with Crippen LogP contribution in [0.3, 0.4) is 0 Å². The molecule has 1 heterocycles. The first-order chi connectivity index (χ1) is 10.7. The van der Waals surface area contributed by atoms with Crippen molar-refractivity contribution in [2.24, 2.45) is 0 Å². The maximum absolute atomic E-state index is 11.6. The van der Waals surface area contributed by atoms with E-state index in [0.29, 0.717) is 6.04 Å². The molecule has 116 valence electrons. The van der Waals surface area contributed by atoms with Gasteiger partial charge in [0.15, 0.2) is 0 Å². The van der Waals surface area contributed by atoms with Crippen LogP contribution in [0.1, 0.15) is 36.4 Å². The van der Waals surface area contributed by atoms with E-state index in [2.05, 4.69) is 17.4 Å². The van der Waals surface area contributed by atoms with Crippen molar-refractivity contribution in [3.63, 3.8) is 0 Å². The molecule has 0 spiro atoms. The van der Waals surface area contributed by atoms with Crippen LogP contribution in [-0.4, -0.2) is 11.1 Å². The molecule has 1 aliphatic rings. The molecule has 2 aromatic rings. The molecule has 0 saturated heterocycles. The normalized spacial score (nSPS) is 16.7. The number of hydrogen-bond donors (Lipinski definition) is 1. The van der Waals surface area contributed by atoms with E-state index >= 15 is 0 Å². The van der Waals surface area contributed by atoms with E-state index in [9.17, 15) is 4.79 Å². The maximum Gasteiger partial charge on any atom is 0.250 e. The van der Waals surface area contributed by atoms with Crippen molar-refractivity contribution in [1.82, 2.24) is 9.88 Å². The van der Waals surface area contributed by atoms with Gasteiger partial charge in [0, 0.05) is 29.9 Å². The predicted octanol–water partition coefficient (Wildman–Crippen LogP) is 3.56. The molecule has 3 nitrogen and oxygen atoms in total. The first kappa shape index (κ1) is 15.3. The molecule has 0 amide bonds. The third-order valence-corrected chi connectivity index (χ3v) is 4.53. The second-order valence-corrected chi connectivity index (χ2v) is 6.26. The molecule has 1 atom stereocenters. The summed E-state index contributed by atoms with van der Waals surface area (Å²) in [5, 5.41) is 4.45. The van der Waals surface area contributed by atoms with Gasteiger partial charge in [-0.25, -0.2) is 0 Å². The topological polar surface area (TPSA) is 34.0 Å². The third-order valence-electron chi connectivity index (χ3n) is 4.30. The first-order valence-corrected chi connectivity index (χ1v) is 8.29. The van der Waals surface area contributed by atoms with Crippen LogP contribution < -0.4 is 10.9 Å². The maximum atomic E-state index is 11.6. The van der Waals surface area contributed by atoms with E-state index in [-0.39, 0.29) is 5.56 Å². The van der Waals surface area contributed by atoms with Crippen LogP contribution in [0, 0.1) is 0 Å². The molecule has 0 radical (unpaired) electrons. The Labute approximate surface area is 135 Å². The number of aromatic nitrogens is 1. The summed E-state index contributed by atoms with van der Waals surface area (Å²) in [4.78, 5) is 11.6. The van der Waals surface area contributed by atoms with Gasteiger partial charge in [0.05, 0.1) is 0 Å². The summed E-state index contributed by atoms with van der Waals surface area (Å²) in [5.74, 6) is 0. The van der Waals surface area contributed by atoms with Crippen LogP contribution in [0.15, 0.2) is 47.4 Å². The quantitative estimate of drug-likeness (QED) is 0.827. The number of nitrogens with one attached hydrogen (secondary N) is 1. The Morgan fingerprint density at radius 1 is 1.23 bits per heavy atom. The second-order valence-electron chi connectivity index (χ2n) is 5.83. The van der Waals surface area contributed by atoms with Crippen LogP contribution >= 0.6 is 11.6 Å². The van der Waals surface area contributed by atoms with Gasteiger partial charge in [0.2, 0.25) is 5.56 Å². The molecule has 0 fully saturated rings. The molecular weight excluding hydrogens is 296 g/mol. The van der Waals surface area contributed by atoms with Crippen molar-refractivity contribution in [3.05, 3.63) is 69.1 Å². The number of benzene rings is 1. The number of halogens is 1. The zero-order valence-electron chi connectivity index (χ0n) is 12.6. The van der Waals surface area contributed by atoms with Gasteiger partial charge >= 0.3 is 0 Å². The molecule has 0 aliphatic heterocycles. The Kier molecular flexibility index (Phi) is 4.96. The van der Waals surface area contributed by atoms with Crippen molar-refractivity contribution in [1.29, 1.82) is 0 Å². The van der Waals surface area contributed by atoms with Crippen molar-refractivity contribution >= 4 is 11.6 Å². The minimum atomic E-state index is 0.0806. The lowest BCUT2D eigenvalue weighted by molar-refractivity contribution is 0.495. The van der Waals surface area contributed by atoms with E-state index < -0.39 is 0 Å². The van der Waals surface area contributed by atoms with Crippen LogP contribution in [0.25, 0.3) is 0 Å². The van der Waals surface area contributed by atoms with Gasteiger partial charge in [-0.2, -0.15) is 0 Å². The summed E-state index contributed by atoms with van der Waals surface area (Å²) in [6.45, 7) is 1.77. The van der Waals surface area contributed by atoms with Gasteiger partial charge in [0.25, 0.3) is 0 Å². The molecule has 1 N–H and O–H groups in total. The molecule has 0 bridgehead atoms. The van der Waals surface area contributed by atoms with Gasteiger partial charge in [0.1, 0.15) is 0 Å². The fourth-order valence-electron chi connectivity index (χ4n) is 3.13. The predicted molar refractivity (Wildman–Crippen MR) is 90.5 cm³/mol. The van der Waals surface area contributed by atoms with E-state index in [1.807, 2.05) is 18.3 Å². The average Bonchev–Trinajstić information content (AvgIpc) is 2.91. The smallest absolute Gasteiger partial charge is 0.250 e. The van der Waals surface area contributed by atoms with E-state index in [1.54, 1.807) is 16.7 Å². The molecular formula is C18H21ClN2O. The van der Waals surface area contributed by atoms with Crippen molar-refractivity contribution in [2.45, 2.75) is 38.3 Å². The Hall–Kier alpha value is -1.58. The Bertz CT molecular complexity index is 695. The van der Waals surface area contributed by atoms with Crippen LogP contribution in [0.2, 0.25) is 5.02 Å². The van der Waals surface area contributed by atoms with Crippen LogP contribution in [0.5, 0.6) is 0 Å². The summed E-state index contributed by atoms with van der Waals surface area (Å²) in [6.07, 6.45) is 6.19. The summed E-state index contributed by atoms with van der Waals surface area (Å²) < 4.78 is 1.77. The number of rotatable bonds is 6. The monoisotopic (exact) mass is 316 g/mol. The molecule has 0 saturated carbocycles. The SMILES string of the molecule is O=c1ccccn1CCCCNC1CCc2cc(Cl)ccc21. The molecule has 22 heavy (non-hydrogen) atoms. The number of unbranched alkanes of at least 4 members (excludes halogenated alkanes) is 1. The minimum Gasteiger partial charge on any atom is -0.316 e. The Morgan fingerprint density at radius 2 is 2.14 bits per heavy atom. The molecule has 1 unspecified atom stereocenters. The highest BCUT2D eigenvalue weighted by Gasteiger charge is 2.21. The average molecular weight is 317 g/mol. The van der Waals surface area contributed by atoms with E-state index in [0.717, 1.165) is 43.8 Å². The van der Waals surface area contributed by atoms with Gasteiger partial charge < -0.3 is 9.88 Å². The van der Waals surface area contributed by atoms with Crippen LogP contribution in [0.4, 0.5) is 0 Å². The highest BCUT2D eigenvalue weighted by Crippen LogP contribution is 2.32. The zero-order chi connectivity index (χ0) is 15.4. The van der Waals surface area contributed by atoms with Crippen molar-refractivity contribution < 1.29 is 0 Å². The lowest BCUT2D eigenvalue weighted by Crippen LogP contribution is -2.22. The summed E-state index contributed by atoms with van der Waals surface area (Å²) in [5.41, 5.74) is 2.85. The molecule has 1 aliphatic carbocycles. The number of nitrogens with zero attached hydrogens (tertiary/aromatic N) is 1. The highest BCUT2D eigenvalue weighted by molar-refractivity contribution is 6.30. The standard InChI is InChI=1S/C18H21ClN2O/c19-15-7-8-16-14(13-15)6-9-17(16)20-10-2-4-12-21-11-3-1-5-18(21)22/h1,3,5,7-8,11,13,17,20H,2,4,6,9-10,12H2. The second kappa shape index (κ2) is 7.12. The Balaban J connectivity index is 1.44.